The number of methoxy groups -OCH3 is 1. The monoisotopic (exact) mass is 390 g/mol. The second kappa shape index (κ2) is 9.20. The van der Waals surface area contributed by atoms with Crippen LogP contribution in [0.2, 0.25) is 5.02 Å². The van der Waals surface area contributed by atoms with Crippen LogP contribution in [0.15, 0.2) is 42.5 Å². The highest BCUT2D eigenvalue weighted by Crippen LogP contribution is 2.31. The molecule has 1 fully saturated rings. The van der Waals surface area contributed by atoms with Crippen molar-refractivity contribution in [2.75, 3.05) is 26.7 Å². The molecular formula is C21H24ClFN2O2. The van der Waals surface area contributed by atoms with Crippen molar-refractivity contribution < 1.29 is 13.9 Å². The Morgan fingerprint density at radius 2 is 1.96 bits per heavy atom. The largest absolute Gasteiger partial charge is 0.496 e. The number of rotatable bonds is 7. The van der Waals surface area contributed by atoms with E-state index in [4.69, 9.17) is 16.3 Å². The van der Waals surface area contributed by atoms with Gasteiger partial charge < -0.3 is 10.1 Å². The lowest BCUT2D eigenvalue weighted by Gasteiger charge is -2.29. The molecule has 0 saturated carbocycles. The SMILES string of the molecule is COc1ccccc1[C@H](CNC(=O)Cc1c(F)cccc1Cl)N1CCCC1. The molecule has 6 heteroatoms. The van der Waals surface area contributed by atoms with Gasteiger partial charge in [0.15, 0.2) is 0 Å². The fraction of sp³-hybridized carbons (Fsp3) is 0.381. The number of halogens is 2. The summed E-state index contributed by atoms with van der Waals surface area (Å²) in [7, 11) is 1.65. The molecule has 1 amide bonds. The van der Waals surface area contributed by atoms with E-state index in [-0.39, 0.29) is 29.0 Å². The summed E-state index contributed by atoms with van der Waals surface area (Å²) in [4.78, 5) is 14.8. The van der Waals surface area contributed by atoms with Gasteiger partial charge in [0.25, 0.3) is 0 Å². The first-order valence-electron chi connectivity index (χ1n) is 9.16. The number of nitrogens with zero attached hydrogens (tertiary/aromatic N) is 1. The van der Waals surface area contributed by atoms with Gasteiger partial charge in [0.05, 0.1) is 19.6 Å². The van der Waals surface area contributed by atoms with Gasteiger partial charge in [-0.1, -0.05) is 35.9 Å². The van der Waals surface area contributed by atoms with Gasteiger partial charge in [-0.3, -0.25) is 9.69 Å². The molecule has 144 valence electrons. The highest BCUT2D eigenvalue weighted by atomic mass is 35.5. The molecule has 0 bridgehead atoms. The van der Waals surface area contributed by atoms with Crippen LogP contribution in [0.25, 0.3) is 0 Å². The van der Waals surface area contributed by atoms with Gasteiger partial charge in [0.1, 0.15) is 11.6 Å². The standard InChI is InChI=1S/C21H24ClFN2O2/c1-27-20-10-3-2-7-15(20)19(25-11-4-5-12-25)14-24-21(26)13-16-17(22)8-6-9-18(16)23/h2-3,6-10,19H,4-5,11-14H2,1H3,(H,24,26)/t19-/m0/s1. The number of hydrogen-bond acceptors (Lipinski definition) is 3. The van der Waals surface area contributed by atoms with Crippen LogP contribution in [0.3, 0.4) is 0 Å². The predicted octanol–water partition coefficient (Wildman–Crippen LogP) is 3.98. The Bertz CT molecular complexity index is 773. The van der Waals surface area contributed by atoms with Crippen molar-refractivity contribution in [2.45, 2.75) is 25.3 Å². The number of para-hydroxylation sites is 1. The summed E-state index contributed by atoms with van der Waals surface area (Å²) in [6, 6.07) is 12.3. The quantitative estimate of drug-likeness (QED) is 0.777. The molecule has 1 aliphatic rings. The van der Waals surface area contributed by atoms with Crippen molar-refractivity contribution in [1.29, 1.82) is 0 Å². The van der Waals surface area contributed by atoms with E-state index in [1.807, 2.05) is 24.3 Å². The highest BCUT2D eigenvalue weighted by Gasteiger charge is 2.26. The molecule has 0 aliphatic carbocycles. The Kier molecular flexibility index (Phi) is 6.69. The van der Waals surface area contributed by atoms with Crippen LogP contribution in [0.1, 0.15) is 30.0 Å². The predicted molar refractivity (Wildman–Crippen MR) is 105 cm³/mol. The van der Waals surface area contributed by atoms with E-state index in [1.54, 1.807) is 13.2 Å². The molecule has 27 heavy (non-hydrogen) atoms. The van der Waals surface area contributed by atoms with Crippen LogP contribution in [0.5, 0.6) is 5.75 Å². The molecule has 1 heterocycles. The lowest BCUT2D eigenvalue weighted by molar-refractivity contribution is -0.120. The third-order valence-corrected chi connectivity index (χ3v) is 5.33. The van der Waals surface area contributed by atoms with Crippen molar-refractivity contribution in [2.24, 2.45) is 0 Å². The van der Waals surface area contributed by atoms with Gasteiger partial charge in [0.2, 0.25) is 5.91 Å². The first-order chi connectivity index (χ1) is 13.1. The molecule has 3 rings (SSSR count). The van der Waals surface area contributed by atoms with Crippen molar-refractivity contribution in [3.8, 4) is 5.75 Å². The Balaban J connectivity index is 1.72. The molecule has 0 aromatic heterocycles. The third-order valence-electron chi connectivity index (χ3n) is 4.97. The summed E-state index contributed by atoms with van der Waals surface area (Å²) in [6.45, 7) is 2.40. The second-order valence-corrected chi connectivity index (χ2v) is 7.09. The van der Waals surface area contributed by atoms with Crippen molar-refractivity contribution in [1.82, 2.24) is 10.2 Å². The maximum atomic E-state index is 13.9. The number of benzene rings is 2. The van der Waals surface area contributed by atoms with Crippen LogP contribution in [0.4, 0.5) is 4.39 Å². The van der Waals surface area contributed by atoms with E-state index < -0.39 is 5.82 Å². The lowest BCUT2D eigenvalue weighted by atomic mass is 10.0. The Morgan fingerprint density at radius 1 is 1.22 bits per heavy atom. The van der Waals surface area contributed by atoms with Gasteiger partial charge in [0, 0.05) is 22.7 Å². The van der Waals surface area contributed by atoms with E-state index >= 15 is 0 Å². The van der Waals surface area contributed by atoms with E-state index in [0.29, 0.717) is 6.54 Å². The fourth-order valence-corrected chi connectivity index (χ4v) is 3.80. The minimum atomic E-state index is -0.460. The second-order valence-electron chi connectivity index (χ2n) is 6.68. The molecule has 2 aromatic carbocycles. The maximum absolute atomic E-state index is 13.9. The van der Waals surface area contributed by atoms with Gasteiger partial charge in [-0.25, -0.2) is 4.39 Å². The summed E-state index contributed by atoms with van der Waals surface area (Å²) < 4.78 is 19.4. The fourth-order valence-electron chi connectivity index (χ4n) is 3.57. The van der Waals surface area contributed by atoms with Gasteiger partial charge in [-0.15, -0.1) is 0 Å². The summed E-state index contributed by atoms with van der Waals surface area (Å²) in [5, 5.41) is 3.22. The number of hydrogen-bond donors (Lipinski definition) is 1. The van der Waals surface area contributed by atoms with Gasteiger partial charge in [-0.05, 0) is 44.1 Å². The molecule has 1 N–H and O–H groups in total. The third kappa shape index (κ3) is 4.79. The molecular weight excluding hydrogens is 367 g/mol. The molecule has 4 nitrogen and oxygen atoms in total. The first-order valence-corrected chi connectivity index (χ1v) is 9.54. The maximum Gasteiger partial charge on any atom is 0.224 e. The molecule has 0 radical (unpaired) electrons. The minimum Gasteiger partial charge on any atom is -0.496 e. The van der Waals surface area contributed by atoms with E-state index in [2.05, 4.69) is 10.2 Å². The van der Waals surface area contributed by atoms with E-state index in [0.717, 1.165) is 37.2 Å². The van der Waals surface area contributed by atoms with Crippen LogP contribution in [-0.2, 0) is 11.2 Å². The average Bonchev–Trinajstić information content (AvgIpc) is 3.20. The summed E-state index contributed by atoms with van der Waals surface area (Å²) >= 11 is 6.03. The van der Waals surface area contributed by atoms with E-state index in [9.17, 15) is 9.18 Å². The average molecular weight is 391 g/mol. The van der Waals surface area contributed by atoms with Crippen LogP contribution < -0.4 is 10.1 Å². The van der Waals surface area contributed by atoms with Crippen molar-refractivity contribution in [3.05, 3.63) is 64.4 Å². The van der Waals surface area contributed by atoms with Gasteiger partial charge >= 0.3 is 0 Å². The number of carbonyl (C=O) groups is 1. The normalized spacial score (nSPS) is 15.5. The summed E-state index contributed by atoms with van der Waals surface area (Å²) in [5.41, 5.74) is 1.28. The Hall–Kier alpha value is -2.11. The zero-order valence-corrected chi connectivity index (χ0v) is 16.1. The first kappa shape index (κ1) is 19.6. The number of nitrogens with one attached hydrogen (secondary N) is 1. The molecule has 1 saturated heterocycles. The van der Waals surface area contributed by atoms with Gasteiger partial charge in [-0.2, -0.15) is 0 Å². The molecule has 0 unspecified atom stereocenters. The van der Waals surface area contributed by atoms with Crippen molar-refractivity contribution in [3.63, 3.8) is 0 Å². The topological polar surface area (TPSA) is 41.6 Å². The minimum absolute atomic E-state index is 0.0173. The Labute approximate surface area is 164 Å². The van der Waals surface area contributed by atoms with Crippen molar-refractivity contribution >= 4 is 17.5 Å². The van der Waals surface area contributed by atoms with E-state index in [1.165, 1.54) is 12.1 Å². The zero-order valence-electron chi connectivity index (χ0n) is 15.4. The lowest BCUT2D eigenvalue weighted by Crippen LogP contribution is -2.37. The highest BCUT2D eigenvalue weighted by molar-refractivity contribution is 6.31. The molecule has 2 aromatic rings. The molecule has 0 spiro atoms. The number of ether oxygens (including phenoxy) is 1. The van der Waals surface area contributed by atoms with Crippen LogP contribution in [0, 0.1) is 5.82 Å². The summed E-state index contributed by atoms with van der Waals surface area (Å²) in [5.74, 6) is 0.0976. The van der Waals surface area contributed by atoms with Crippen LogP contribution in [-0.4, -0.2) is 37.6 Å². The van der Waals surface area contributed by atoms with Crippen LogP contribution >= 0.6 is 11.6 Å². The molecule has 1 aliphatic heterocycles. The number of amides is 1. The zero-order chi connectivity index (χ0) is 19.2. The smallest absolute Gasteiger partial charge is 0.224 e. The number of likely N-dealkylation sites (tertiary alicyclic amines) is 1. The summed E-state index contributed by atoms with van der Waals surface area (Å²) in [6.07, 6.45) is 2.21. The number of carbonyl (C=O) groups excluding carboxylic acids is 1. The molecule has 1 atom stereocenters. The Morgan fingerprint density at radius 3 is 2.67 bits per heavy atom.